The lowest BCUT2D eigenvalue weighted by Gasteiger charge is -2.14. The first-order valence-electron chi connectivity index (χ1n) is 7.74. The van der Waals surface area contributed by atoms with E-state index in [1.165, 1.54) is 11.8 Å². The summed E-state index contributed by atoms with van der Waals surface area (Å²) in [5.41, 5.74) is 0.840. The fraction of sp³-hybridized carbons (Fsp3) is 0.235. The van der Waals surface area contributed by atoms with E-state index in [0.29, 0.717) is 18.2 Å². The molecule has 3 heterocycles. The highest BCUT2D eigenvalue weighted by Crippen LogP contribution is 2.36. The van der Waals surface area contributed by atoms with Crippen LogP contribution in [0, 0.1) is 0 Å². The lowest BCUT2D eigenvalue weighted by atomic mass is 10.3. The number of thioether (sulfide) groups is 1. The van der Waals surface area contributed by atoms with Crippen LogP contribution >= 0.6 is 23.1 Å². The SMILES string of the molecule is COc1ccccc1-n1c(SC2CCOC2=O)nnc1-c1cccs1. The van der Waals surface area contributed by atoms with E-state index < -0.39 is 0 Å². The molecule has 6 nitrogen and oxygen atoms in total. The molecule has 1 atom stereocenters. The highest BCUT2D eigenvalue weighted by molar-refractivity contribution is 8.00. The molecule has 8 heteroatoms. The van der Waals surface area contributed by atoms with E-state index in [9.17, 15) is 4.79 Å². The van der Waals surface area contributed by atoms with Crippen molar-refractivity contribution in [2.24, 2.45) is 0 Å². The molecule has 0 radical (unpaired) electrons. The Bertz CT molecular complexity index is 892. The summed E-state index contributed by atoms with van der Waals surface area (Å²) in [5.74, 6) is 1.25. The number of hydrogen-bond acceptors (Lipinski definition) is 7. The standard InChI is InChI=1S/C17H15N3O3S2/c1-22-12-6-3-2-5-11(12)20-15(13-7-4-10-24-13)18-19-17(20)25-14-8-9-23-16(14)21/h2-7,10,14H,8-9H2,1H3. The number of nitrogens with zero attached hydrogens (tertiary/aromatic N) is 3. The maximum Gasteiger partial charge on any atom is 0.319 e. The van der Waals surface area contributed by atoms with Crippen molar-refractivity contribution in [3.8, 4) is 22.1 Å². The Morgan fingerprint density at radius 1 is 1.28 bits per heavy atom. The van der Waals surface area contributed by atoms with Gasteiger partial charge in [0.1, 0.15) is 11.0 Å². The van der Waals surface area contributed by atoms with Gasteiger partial charge in [0.2, 0.25) is 0 Å². The third kappa shape index (κ3) is 3.03. The molecule has 0 bridgehead atoms. The highest BCUT2D eigenvalue weighted by Gasteiger charge is 2.31. The third-order valence-electron chi connectivity index (χ3n) is 3.84. The topological polar surface area (TPSA) is 66.2 Å². The molecule has 0 aliphatic carbocycles. The van der Waals surface area contributed by atoms with Crippen molar-refractivity contribution in [3.63, 3.8) is 0 Å². The number of cyclic esters (lactones) is 1. The van der Waals surface area contributed by atoms with Crippen molar-refractivity contribution in [1.82, 2.24) is 14.8 Å². The fourth-order valence-corrected chi connectivity index (χ4v) is 4.36. The number of carbonyl (C=O) groups is 1. The average molecular weight is 373 g/mol. The molecule has 0 amide bonds. The third-order valence-corrected chi connectivity index (χ3v) is 5.89. The quantitative estimate of drug-likeness (QED) is 0.639. The number of rotatable bonds is 5. The summed E-state index contributed by atoms with van der Waals surface area (Å²) in [5, 5.41) is 11.1. The van der Waals surface area contributed by atoms with Gasteiger partial charge in [-0.3, -0.25) is 9.36 Å². The Kier molecular flexibility index (Phi) is 4.46. The average Bonchev–Trinajstić information content (AvgIpc) is 3.37. The first-order chi connectivity index (χ1) is 12.3. The van der Waals surface area contributed by atoms with E-state index >= 15 is 0 Å². The zero-order valence-corrected chi connectivity index (χ0v) is 15.0. The van der Waals surface area contributed by atoms with Crippen LogP contribution in [0.25, 0.3) is 16.4 Å². The van der Waals surface area contributed by atoms with Crippen LogP contribution in [0.1, 0.15) is 6.42 Å². The van der Waals surface area contributed by atoms with E-state index in [0.717, 1.165) is 22.1 Å². The minimum atomic E-state index is -0.256. The first kappa shape index (κ1) is 16.2. The van der Waals surface area contributed by atoms with Gasteiger partial charge in [-0.05, 0) is 23.6 Å². The molecule has 1 saturated heterocycles. The molecular formula is C17H15N3O3S2. The molecule has 128 valence electrons. The number of para-hydroxylation sites is 2. The predicted octanol–water partition coefficient (Wildman–Crippen LogP) is 3.41. The molecule has 2 aromatic heterocycles. The van der Waals surface area contributed by atoms with E-state index in [1.54, 1.807) is 18.4 Å². The number of methoxy groups -OCH3 is 1. The van der Waals surface area contributed by atoms with Crippen LogP contribution in [0.3, 0.4) is 0 Å². The largest absolute Gasteiger partial charge is 0.495 e. The molecule has 0 spiro atoms. The number of hydrogen-bond donors (Lipinski definition) is 0. The van der Waals surface area contributed by atoms with Crippen LogP contribution in [-0.4, -0.2) is 39.7 Å². The van der Waals surface area contributed by atoms with Gasteiger partial charge in [0.15, 0.2) is 11.0 Å². The van der Waals surface area contributed by atoms with E-state index in [1.807, 2.05) is 46.3 Å². The summed E-state index contributed by atoms with van der Waals surface area (Å²) in [6.45, 7) is 0.455. The summed E-state index contributed by atoms with van der Waals surface area (Å²) in [4.78, 5) is 12.9. The number of carbonyl (C=O) groups excluding carboxylic acids is 1. The number of thiophene rings is 1. The van der Waals surface area contributed by atoms with Crippen LogP contribution < -0.4 is 4.74 Å². The van der Waals surface area contributed by atoms with Gasteiger partial charge in [0, 0.05) is 6.42 Å². The summed E-state index contributed by atoms with van der Waals surface area (Å²) in [6, 6.07) is 11.7. The Morgan fingerprint density at radius 3 is 2.88 bits per heavy atom. The minimum absolute atomic E-state index is 0.197. The van der Waals surface area contributed by atoms with Crippen molar-refractivity contribution in [2.45, 2.75) is 16.8 Å². The van der Waals surface area contributed by atoms with Crippen LogP contribution in [0.15, 0.2) is 46.9 Å². The Morgan fingerprint density at radius 2 is 2.16 bits per heavy atom. The van der Waals surface area contributed by atoms with Crippen LogP contribution in [0.2, 0.25) is 0 Å². The summed E-state index contributed by atoms with van der Waals surface area (Å²) < 4.78 is 12.5. The van der Waals surface area contributed by atoms with Crippen molar-refractivity contribution < 1.29 is 14.3 Å². The maximum atomic E-state index is 11.9. The monoisotopic (exact) mass is 373 g/mol. The van der Waals surface area contributed by atoms with E-state index in [4.69, 9.17) is 9.47 Å². The Hall–Kier alpha value is -2.32. The molecule has 4 rings (SSSR count). The zero-order chi connectivity index (χ0) is 17.2. The molecule has 0 N–H and O–H groups in total. The van der Waals surface area contributed by atoms with E-state index in [2.05, 4.69) is 10.2 Å². The maximum absolute atomic E-state index is 11.9. The van der Waals surface area contributed by atoms with Gasteiger partial charge in [0.05, 0.1) is 24.3 Å². The number of ether oxygens (including phenoxy) is 2. The predicted molar refractivity (Wildman–Crippen MR) is 96.4 cm³/mol. The van der Waals surface area contributed by atoms with Gasteiger partial charge < -0.3 is 9.47 Å². The zero-order valence-electron chi connectivity index (χ0n) is 13.4. The fourth-order valence-electron chi connectivity index (χ4n) is 2.65. The van der Waals surface area contributed by atoms with Crippen molar-refractivity contribution in [3.05, 3.63) is 41.8 Å². The lowest BCUT2D eigenvalue weighted by Crippen LogP contribution is -2.11. The molecule has 3 aromatic rings. The van der Waals surface area contributed by atoms with Crippen LogP contribution in [0.4, 0.5) is 0 Å². The normalized spacial score (nSPS) is 16.8. The molecule has 0 saturated carbocycles. The molecule has 1 unspecified atom stereocenters. The van der Waals surface area contributed by atoms with E-state index in [-0.39, 0.29) is 11.2 Å². The number of benzene rings is 1. The second-order valence-electron chi connectivity index (χ2n) is 5.35. The van der Waals surface area contributed by atoms with Crippen LogP contribution in [0.5, 0.6) is 5.75 Å². The number of aromatic nitrogens is 3. The molecule has 1 aliphatic heterocycles. The molecule has 25 heavy (non-hydrogen) atoms. The number of esters is 1. The summed E-state index contributed by atoms with van der Waals surface area (Å²) >= 11 is 2.97. The first-order valence-corrected chi connectivity index (χ1v) is 9.50. The van der Waals surface area contributed by atoms with Crippen molar-refractivity contribution in [2.75, 3.05) is 13.7 Å². The molecule has 1 fully saturated rings. The Balaban J connectivity index is 1.83. The Labute approximate surface area is 152 Å². The van der Waals surface area contributed by atoms with Gasteiger partial charge in [0.25, 0.3) is 0 Å². The minimum Gasteiger partial charge on any atom is -0.495 e. The summed E-state index contributed by atoms with van der Waals surface area (Å²) in [7, 11) is 1.63. The second-order valence-corrected chi connectivity index (χ2v) is 7.47. The van der Waals surface area contributed by atoms with Crippen LogP contribution in [-0.2, 0) is 9.53 Å². The smallest absolute Gasteiger partial charge is 0.319 e. The molecule has 1 aromatic carbocycles. The van der Waals surface area contributed by atoms with Gasteiger partial charge in [-0.2, -0.15) is 0 Å². The summed E-state index contributed by atoms with van der Waals surface area (Å²) in [6.07, 6.45) is 0.677. The van der Waals surface area contributed by atoms with Gasteiger partial charge in [-0.1, -0.05) is 30.0 Å². The lowest BCUT2D eigenvalue weighted by molar-refractivity contribution is -0.137. The molecular weight excluding hydrogens is 358 g/mol. The molecule has 1 aliphatic rings. The van der Waals surface area contributed by atoms with Gasteiger partial charge in [-0.15, -0.1) is 21.5 Å². The van der Waals surface area contributed by atoms with Crippen molar-refractivity contribution >= 4 is 29.1 Å². The van der Waals surface area contributed by atoms with Gasteiger partial charge in [-0.25, -0.2) is 0 Å². The second kappa shape index (κ2) is 6.89. The van der Waals surface area contributed by atoms with Crippen molar-refractivity contribution in [1.29, 1.82) is 0 Å². The highest BCUT2D eigenvalue weighted by atomic mass is 32.2. The van der Waals surface area contributed by atoms with Gasteiger partial charge >= 0.3 is 5.97 Å².